The highest BCUT2D eigenvalue weighted by Crippen LogP contribution is 2.16. The van der Waals surface area contributed by atoms with Crippen LogP contribution in [0.2, 0.25) is 0 Å². The maximum atomic E-state index is 12.5. The van der Waals surface area contributed by atoms with Crippen LogP contribution in [0, 0.1) is 13.8 Å². The number of aryl methyl sites for hydroxylation is 2. The predicted octanol–water partition coefficient (Wildman–Crippen LogP) is 1.48. The number of pyridine rings is 1. The number of nitrogen functional groups attached to an aromatic ring is 1. The Labute approximate surface area is 130 Å². The van der Waals surface area contributed by atoms with Gasteiger partial charge in [0.2, 0.25) is 5.95 Å². The first-order valence-electron chi connectivity index (χ1n) is 7.93. The van der Waals surface area contributed by atoms with Crippen LogP contribution in [-0.4, -0.2) is 39.1 Å². The van der Waals surface area contributed by atoms with Crippen LogP contribution < -0.4 is 11.3 Å². The fourth-order valence-corrected chi connectivity index (χ4v) is 3.18. The van der Waals surface area contributed by atoms with Crippen molar-refractivity contribution in [2.24, 2.45) is 0 Å². The molecule has 6 nitrogen and oxygen atoms in total. The Kier molecular flexibility index (Phi) is 4.11. The molecule has 118 valence electrons. The average Bonchev–Trinajstić information content (AvgIpc) is 2.50. The summed E-state index contributed by atoms with van der Waals surface area (Å²) < 4.78 is 1.75. The number of anilines is 1. The first kappa shape index (κ1) is 15.0. The molecule has 1 aliphatic rings. The Morgan fingerprint density at radius 3 is 2.59 bits per heavy atom. The number of aromatic nitrogens is 3. The number of hydrogen-bond donors (Lipinski definition) is 1. The van der Waals surface area contributed by atoms with Gasteiger partial charge in [-0.05, 0) is 45.8 Å². The molecule has 1 fully saturated rings. The molecule has 1 saturated heterocycles. The van der Waals surface area contributed by atoms with Crippen molar-refractivity contribution in [1.82, 2.24) is 19.4 Å². The van der Waals surface area contributed by atoms with Gasteiger partial charge in [-0.1, -0.05) is 6.42 Å². The van der Waals surface area contributed by atoms with Crippen molar-refractivity contribution in [2.75, 3.05) is 25.4 Å². The van der Waals surface area contributed by atoms with Gasteiger partial charge in [-0.3, -0.25) is 9.36 Å². The van der Waals surface area contributed by atoms with E-state index in [4.69, 9.17) is 5.73 Å². The normalized spacial score (nSPS) is 16.3. The SMILES string of the molecule is Cc1cc2c(C)nc(N)nc2n(CCN2CCCCC2)c1=O. The molecule has 22 heavy (non-hydrogen) atoms. The molecule has 3 heterocycles. The Balaban J connectivity index is 1.99. The van der Waals surface area contributed by atoms with E-state index in [9.17, 15) is 4.79 Å². The second kappa shape index (κ2) is 6.04. The highest BCUT2D eigenvalue weighted by Gasteiger charge is 2.14. The summed E-state index contributed by atoms with van der Waals surface area (Å²) in [5.41, 5.74) is 7.98. The zero-order valence-corrected chi connectivity index (χ0v) is 13.3. The fraction of sp³-hybridized carbons (Fsp3) is 0.562. The molecule has 6 heteroatoms. The molecular weight excluding hydrogens is 278 g/mol. The summed E-state index contributed by atoms with van der Waals surface area (Å²) in [7, 11) is 0. The van der Waals surface area contributed by atoms with Gasteiger partial charge in [0, 0.05) is 24.0 Å². The minimum Gasteiger partial charge on any atom is -0.368 e. The highest BCUT2D eigenvalue weighted by atomic mass is 16.1. The molecule has 2 N–H and O–H groups in total. The minimum absolute atomic E-state index is 0.0157. The van der Waals surface area contributed by atoms with Gasteiger partial charge in [0.25, 0.3) is 5.56 Å². The minimum atomic E-state index is 0.0157. The smallest absolute Gasteiger partial charge is 0.255 e. The molecule has 2 aromatic rings. The van der Waals surface area contributed by atoms with Gasteiger partial charge in [0.15, 0.2) is 0 Å². The van der Waals surface area contributed by atoms with Crippen LogP contribution in [0.5, 0.6) is 0 Å². The number of nitrogens with two attached hydrogens (primary N) is 1. The summed E-state index contributed by atoms with van der Waals surface area (Å²) in [6.45, 7) is 7.51. The van der Waals surface area contributed by atoms with E-state index >= 15 is 0 Å². The lowest BCUT2D eigenvalue weighted by Crippen LogP contribution is -2.35. The molecule has 3 rings (SSSR count). The quantitative estimate of drug-likeness (QED) is 0.929. The topological polar surface area (TPSA) is 77.0 Å². The predicted molar refractivity (Wildman–Crippen MR) is 88.0 cm³/mol. The van der Waals surface area contributed by atoms with Crippen LogP contribution in [-0.2, 0) is 6.54 Å². The Morgan fingerprint density at radius 1 is 1.14 bits per heavy atom. The number of hydrogen-bond acceptors (Lipinski definition) is 5. The van der Waals surface area contributed by atoms with Crippen molar-refractivity contribution < 1.29 is 0 Å². The molecule has 0 amide bonds. The second-order valence-corrected chi connectivity index (χ2v) is 6.09. The van der Waals surface area contributed by atoms with E-state index in [1.807, 2.05) is 19.9 Å². The van der Waals surface area contributed by atoms with E-state index in [1.165, 1.54) is 19.3 Å². The molecule has 0 saturated carbocycles. The fourth-order valence-electron chi connectivity index (χ4n) is 3.18. The van der Waals surface area contributed by atoms with Gasteiger partial charge in [0.1, 0.15) is 5.65 Å². The summed E-state index contributed by atoms with van der Waals surface area (Å²) in [6.07, 6.45) is 3.81. The largest absolute Gasteiger partial charge is 0.368 e. The zero-order valence-electron chi connectivity index (χ0n) is 13.3. The van der Waals surface area contributed by atoms with E-state index in [0.717, 1.165) is 36.3 Å². The third-order valence-electron chi connectivity index (χ3n) is 4.42. The average molecular weight is 301 g/mol. The summed E-state index contributed by atoms with van der Waals surface area (Å²) in [5.74, 6) is 0.222. The molecular formula is C16H23N5O. The van der Waals surface area contributed by atoms with Gasteiger partial charge in [-0.2, -0.15) is 4.98 Å². The molecule has 1 aliphatic heterocycles. The van der Waals surface area contributed by atoms with Crippen molar-refractivity contribution in [3.05, 3.63) is 27.7 Å². The Hall–Kier alpha value is -1.95. The number of piperidine rings is 1. The van der Waals surface area contributed by atoms with E-state index in [2.05, 4.69) is 14.9 Å². The maximum absolute atomic E-state index is 12.5. The molecule has 0 radical (unpaired) electrons. The molecule has 0 atom stereocenters. The summed E-state index contributed by atoms with van der Waals surface area (Å²) in [4.78, 5) is 23.5. The van der Waals surface area contributed by atoms with E-state index in [0.29, 0.717) is 12.2 Å². The first-order valence-corrected chi connectivity index (χ1v) is 7.93. The highest BCUT2D eigenvalue weighted by molar-refractivity contribution is 5.79. The lowest BCUT2D eigenvalue weighted by Gasteiger charge is -2.26. The van der Waals surface area contributed by atoms with Crippen molar-refractivity contribution in [1.29, 1.82) is 0 Å². The molecule has 0 unspecified atom stereocenters. The summed E-state index contributed by atoms with van der Waals surface area (Å²) in [6, 6.07) is 1.86. The van der Waals surface area contributed by atoms with Crippen LogP contribution in [0.4, 0.5) is 5.95 Å². The van der Waals surface area contributed by atoms with Crippen LogP contribution in [0.15, 0.2) is 10.9 Å². The van der Waals surface area contributed by atoms with Gasteiger partial charge in [-0.15, -0.1) is 0 Å². The molecule has 0 spiro atoms. The molecule has 0 aromatic carbocycles. The number of likely N-dealkylation sites (tertiary alicyclic amines) is 1. The third-order valence-corrected chi connectivity index (χ3v) is 4.42. The Morgan fingerprint density at radius 2 is 1.86 bits per heavy atom. The lowest BCUT2D eigenvalue weighted by atomic mass is 10.1. The van der Waals surface area contributed by atoms with Crippen molar-refractivity contribution in [3.8, 4) is 0 Å². The Bertz CT molecular complexity index is 746. The van der Waals surface area contributed by atoms with Gasteiger partial charge in [0.05, 0.1) is 5.69 Å². The maximum Gasteiger partial charge on any atom is 0.255 e. The van der Waals surface area contributed by atoms with Crippen molar-refractivity contribution >= 4 is 17.0 Å². The first-order chi connectivity index (χ1) is 10.6. The van der Waals surface area contributed by atoms with E-state index < -0.39 is 0 Å². The van der Waals surface area contributed by atoms with Crippen LogP contribution >= 0.6 is 0 Å². The van der Waals surface area contributed by atoms with E-state index in [1.54, 1.807) is 4.57 Å². The number of fused-ring (bicyclic) bond motifs is 1. The van der Waals surface area contributed by atoms with Gasteiger partial charge >= 0.3 is 0 Å². The lowest BCUT2D eigenvalue weighted by molar-refractivity contribution is 0.221. The van der Waals surface area contributed by atoms with Crippen molar-refractivity contribution in [2.45, 2.75) is 39.7 Å². The monoisotopic (exact) mass is 301 g/mol. The van der Waals surface area contributed by atoms with Gasteiger partial charge < -0.3 is 10.6 Å². The van der Waals surface area contributed by atoms with E-state index in [-0.39, 0.29) is 11.5 Å². The van der Waals surface area contributed by atoms with Crippen LogP contribution in [0.3, 0.4) is 0 Å². The molecule has 2 aromatic heterocycles. The third kappa shape index (κ3) is 2.83. The summed E-state index contributed by atoms with van der Waals surface area (Å²) in [5, 5.41) is 0.907. The number of rotatable bonds is 3. The molecule has 0 bridgehead atoms. The van der Waals surface area contributed by atoms with Crippen LogP contribution in [0.25, 0.3) is 11.0 Å². The standard InChI is InChI=1S/C16H23N5O/c1-11-10-13-12(2)18-16(17)19-14(13)21(15(11)22)9-8-20-6-4-3-5-7-20/h10H,3-9H2,1-2H3,(H2,17,18,19). The summed E-state index contributed by atoms with van der Waals surface area (Å²) >= 11 is 0. The van der Waals surface area contributed by atoms with Crippen molar-refractivity contribution in [3.63, 3.8) is 0 Å². The van der Waals surface area contributed by atoms with Crippen LogP contribution in [0.1, 0.15) is 30.5 Å². The number of nitrogens with zero attached hydrogens (tertiary/aromatic N) is 4. The zero-order chi connectivity index (χ0) is 15.7. The second-order valence-electron chi connectivity index (χ2n) is 6.09. The molecule has 0 aliphatic carbocycles. The van der Waals surface area contributed by atoms with Gasteiger partial charge in [-0.25, -0.2) is 4.98 Å².